The molecule has 0 amide bonds. The molecule has 240 valence electrons. The van der Waals surface area contributed by atoms with Gasteiger partial charge in [-0.25, -0.2) is 17.6 Å². The largest absolute Gasteiger partial charge is 0.365 e. The standard InChI is InChI=1S/C38H54F4O/c1-3-5-7-9-11-27-13-17-29(18-14-27)37(31-21-23-33(39)35(41)25-31)43-38(32-22-24-34(40)36(42)26-32)30-19-15-28(16-20-30)12-10-8-6-4-2/h21-30,37-38H,3-20H2,1-2H3. The van der Waals surface area contributed by atoms with Gasteiger partial charge in [-0.05, 0) is 84.7 Å². The fraction of sp³-hybridized carbons (Fsp3) is 0.684. The van der Waals surface area contributed by atoms with Gasteiger partial charge in [0.25, 0.3) is 0 Å². The van der Waals surface area contributed by atoms with Crippen LogP contribution in [0.5, 0.6) is 0 Å². The van der Waals surface area contributed by atoms with E-state index in [0.717, 1.165) is 51.4 Å². The molecule has 0 N–H and O–H groups in total. The summed E-state index contributed by atoms with van der Waals surface area (Å²) in [6, 6.07) is 8.25. The summed E-state index contributed by atoms with van der Waals surface area (Å²) >= 11 is 0. The van der Waals surface area contributed by atoms with Crippen molar-refractivity contribution in [3.05, 3.63) is 70.8 Å². The quantitative estimate of drug-likeness (QED) is 0.137. The highest BCUT2D eigenvalue weighted by atomic mass is 19.2. The Morgan fingerprint density at radius 3 is 1.28 bits per heavy atom. The van der Waals surface area contributed by atoms with Crippen molar-refractivity contribution in [2.75, 3.05) is 0 Å². The molecule has 2 aromatic carbocycles. The molecule has 2 fully saturated rings. The van der Waals surface area contributed by atoms with Gasteiger partial charge in [0.1, 0.15) is 0 Å². The number of ether oxygens (including phenoxy) is 1. The molecular weight excluding hydrogens is 548 g/mol. The van der Waals surface area contributed by atoms with Gasteiger partial charge in [0, 0.05) is 0 Å². The van der Waals surface area contributed by atoms with Crippen molar-refractivity contribution in [1.82, 2.24) is 0 Å². The molecule has 1 nitrogen and oxygen atoms in total. The van der Waals surface area contributed by atoms with E-state index in [9.17, 15) is 17.6 Å². The number of halogens is 4. The zero-order chi connectivity index (χ0) is 30.6. The van der Waals surface area contributed by atoms with Crippen molar-refractivity contribution in [2.24, 2.45) is 23.7 Å². The smallest absolute Gasteiger partial charge is 0.159 e. The molecule has 5 heteroatoms. The first kappa shape index (κ1) is 34.0. The normalized spacial score (nSPS) is 24.1. The van der Waals surface area contributed by atoms with Crippen LogP contribution in [0.4, 0.5) is 17.6 Å². The van der Waals surface area contributed by atoms with E-state index in [0.29, 0.717) is 23.0 Å². The van der Waals surface area contributed by atoms with Crippen LogP contribution in [0.3, 0.4) is 0 Å². The van der Waals surface area contributed by atoms with Crippen LogP contribution in [0.1, 0.15) is 153 Å². The lowest BCUT2D eigenvalue weighted by Gasteiger charge is -2.40. The third kappa shape index (κ3) is 10.1. The van der Waals surface area contributed by atoms with E-state index in [4.69, 9.17) is 4.74 Å². The molecule has 0 saturated heterocycles. The van der Waals surface area contributed by atoms with Gasteiger partial charge in [-0.2, -0.15) is 0 Å². The van der Waals surface area contributed by atoms with Crippen molar-refractivity contribution in [1.29, 1.82) is 0 Å². The molecule has 43 heavy (non-hydrogen) atoms. The van der Waals surface area contributed by atoms with E-state index in [-0.39, 0.29) is 11.8 Å². The monoisotopic (exact) mass is 602 g/mol. The van der Waals surface area contributed by atoms with E-state index >= 15 is 0 Å². The Hall–Kier alpha value is -1.88. The predicted molar refractivity (Wildman–Crippen MR) is 168 cm³/mol. The molecule has 2 atom stereocenters. The van der Waals surface area contributed by atoms with Crippen LogP contribution in [0, 0.1) is 46.9 Å². The second-order valence-electron chi connectivity index (χ2n) is 13.6. The van der Waals surface area contributed by atoms with Gasteiger partial charge in [-0.15, -0.1) is 0 Å². The van der Waals surface area contributed by atoms with Crippen LogP contribution >= 0.6 is 0 Å². The molecule has 2 unspecified atom stereocenters. The molecule has 0 aliphatic heterocycles. The molecule has 2 aliphatic rings. The molecule has 2 aromatic rings. The summed E-state index contributed by atoms with van der Waals surface area (Å²) < 4.78 is 64.1. The van der Waals surface area contributed by atoms with Crippen LogP contribution < -0.4 is 0 Å². The summed E-state index contributed by atoms with van der Waals surface area (Å²) in [6.45, 7) is 4.47. The molecule has 4 rings (SSSR count). The third-order valence-electron chi connectivity index (χ3n) is 10.4. The number of hydrogen-bond donors (Lipinski definition) is 0. The average Bonchev–Trinajstić information content (AvgIpc) is 3.02. The van der Waals surface area contributed by atoms with Crippen LogP contribution in [0.25, 0.3) is 0 Å². The summed E-state index contributed by atoms with van der Waals surface area (Å²) in [5.74, 6) is -1.74. The fourth-order valence-corrected chi connectivity index (χ4v) is 7.74. The Labute approximate surface area is 258 Å². The van der Waals surface area contributed by atoms with Crippen LogP contribution in [0.2, 0.25) is 0 Å². The third-order valence-corrected chi connectivity index (χ3v) is 10.4. The molecule has 0 heterocycles. The van der Waals surface area contributed by atoms with Gasteiger partial charge in [0.15, 0.2) is 23.3 Å². The molecule has 0 radical (unpaired) electrons. The fourth-order valence-electron chi connectivity index (χ4n) is 7.74. The molecule has 0 aromatic heterocycles. The Morgan fingerprint density at radius 1 is 0.535 bits per heavy atom. The maximum absolute atomic E-state index is 14.6. The van der Waals surface area contributed by atoms with Crippen molar-refractivity contribution in [3.8, 4) is 0 Å². The van der Waals surface area contributed by atoms with Crippen molar-refractivity contribution in [3.63, 3.8) is 0 Å². The lowest BCUT2D eigenvalue weighted by atomic mass is 9.74. The van der Waals surface area contributed by atoms with E-state index in [1.165, 1.54) is 88.5 Å². The van der Waals surface area contributed by atoms with Gasteiger partial charge in [0.05, 0.1) is 12.2 Å². The highest BCUT2D eigenvalue weighted by molar-refractivity contribution is 5.24. The van der Waals surface area contributed by atoms with Crippen molar-refractivity contribution < 1.29 is 22.3 Å². The van der Waals surface area contributed by atoms with Gasteiger partial charge in [-0.1, -0.05) is 116 Å². The van der Waals surface area contributed by atoms with Crippen LogP contribution in [-0.4, -0.2) is 0 Å². The first-order valence-corrected chi connectivity index (χ1v) is 17.4. The molecule has 0 bridgehead atoms. The topological polar surface area (TPSA) is 9.23 Å². The second kappa shape index (κ2) is 17.6. The minimum atomic E-state index is -0.872. The Balaban J connectivity index is 1.52. The highest BCUT2D eigenvalue weighted by Crippen LogP contribution is 2.47. The lowest BCUT2D eigenvalue weighted by molar-refractivity contribution is -0.0910. The molecular formula is C38H54F4O. The molecule has 0 spiro atoms. The Bertz CT molecular complexity index is 1000. The maximum Gasteiger partial charge on any atom is 0.159 e. The minimum absolute atomic E-state index is 0.166. The van der Waals surface area contributed by atoms with Crippen LogP contribution in [-0.2, 0) is 4.74 Å². The molecule has 2 aliphatic carbocycles. The zero-order valence-corrected chi connectivity index (χ0v) is 26.6. The zero-order valence-electron chi connectivity index (χ0n) is 26.6. The van der Waals surface area contributed by atoms with E-state index in [1.807, 2.05) is 0 Å². The number of unbranched alkanes of at least 4 members (excludes halogenated alkanes) is 6. The van der Waals surface area contributed by atoms with Gasteiger partial charge >= 0.3 is 0 Å². The second-order valence-corrected chi connectivity index (χ2v) is 13.6. The van der Waals surface area contributed by atoms with Crippen LogP contribution in [0.15, 0.2) is 36.4 Å². The van der Waals surface area contributed by atoms with Crippen molar-refractivity contribution >= 4 is 0 Å². The van der Waals surface area contributed by atoms with E-state index in [2.05, 4.69) is 13.8 Å². The first-order chi connectivity index (χ1) is 20.9. The van der Waals surface area contributed by atoms with E-state index < -0.39 is 35.5 Å². The van der Waals surface area contributed by atoms with E-state index in [1.54, 1.807) is 12.1 Å². The average molecular weight is 603 g/mol. The van der Waals surface area contributed by atoms with Gasteiger partial charge < -0.3 is 4.74 Å². The summed E-state index contributed by atoms with van der Waals surface area (Å²) in [4.78, 5) is 0. The summed E-state index contributed by atoms with van der Waals surface area (Å²) in [7, 11) is 0. The van der Waals surface area contributed by atoms with Gasteiger partial charge in [-0.3, -0.25) is 0 Å². The number of hydrogen-bond acceptors (Lipinski definition) is 1. The Kier molecular flexibility index (Phi) is 13.9. The minimum Gasteiger partial charge on any atom is -0.365 e. The molecule has 2 saturated carbocycles. The number of rotatable bonds is 16. The lowest BCUT2D eigenvalue weighted by Crippen LogP contribution is -2.28. The summed E-state index contributed by atoms with van der Waals surface area (Å²) in [6.07, 6.45) is 20.1. The van der Waals surface area contributed by atoms with Crippen molar-refractivity contribution in [2.45, 2.75) is 142 Å². The number of benzene rings is 2. The summed E-state index contributed by atoms with van der Waals surface area (Å²) in [5, 5.41) is 0. The summed E-state index contributed by atoms with van der Waals surface area (Å²) in [5.41, 5.74) is 1.28. The predicted octanol–water partition coefficient (Wildman–Crippen LogP) is 12.6. The maximum atomic E-state index is 14.6. The Morgan fingerprint density at radius 2 is 0.930 bits per heavy atom. The first-order valence-electron chi connectivity index (χ1n) is 17.4. The highest BCUT2D eigenvalue weighted by Gasteiger charge is 2.36. The SMILES string of the molecule is CCCCCCC1CCC(C(OC(c2ccc(F)c(F)c2)C2CCC(CCCCCC)CC2)c2ccc(F)c(F)c2)CC1. The van der Waals surface area contributed by atoms with Gasteiger partial charge in [0.2, 0.25) is 0 Å².